The van der Waals surface area contributed by atoms with Crippen LogP contribution in [0.5, 0.6) is 0 Å². The number of anilines is 1. The summed E-state index contributed by atoms with van der Waals surface area (Å²) in [5.41, 5.74) is 4.04. The van der Waals surface area contributed by atoms with Crippen LogP contribution in [0.25, 0.3) is 6.08 Å². The number of hydrogen-bond acceptors (Lipinski definition) is 2. The molecule has 0 unspecified atom stereocenters. The quantitative estimate of drug-likeness (QED) is 0.819. The van der Waals surface area contributed by atoms with E-state index < -0.39 is 0 Å². The second-order valence-electron chi connectivity index (χ2n) is 6.64. The molecule has 0 amide bonds. The van der Waals surface area contributed by atoms with Gasteiger partial charge >= 0.3 is 0 Å². The second kappa shape index (κ2) is 6.46. The van der Waals surface area contributed by atoms with Crippen LogP contribution in [0.1, 0.15) is 57.4 Å². The summed E-state index contributed by atoms with van der Waals surface area (Å²) >= 11 is 0. The van der Waals surface area contributed by atoms with Crippen LogP contribution in [-0.4, -0.2) is 17.8 Å². The van der Waals surface area contributed by atoms with Crippen molar-refractivity contribution in [3.05, 3.63) is 35.9 Å². The molecule has 1 saturated carbocycles. The monoisotopic (exact) mass is 282 g/mol. The van der Waals surface area contributed by atoms with Crippen LogP contribution in [0.3, 0.4) is 0 Å². The van der Waals surface area contributed by atoms with Gasteiger partial charge in [0, 0.05) is 23.5 Å². The summed E-state index contributed by atoms with van der Waals surface area (Å²) in [5.74, 6) is 0. The van der Waals surface area contributed by atoms with Gasteiger partial charge in [0.1, 0.15) is 0 Å². The third-order valence-corrected chi connectivity index (χ3v) is 4.72. The van der Waals surface area contributed by atoms with E-state index in [0.29, 0.717) is 0 Å². The Labute approximate surface area is 128 Å². The largest absolute Gasteiger partial charge is 0.379 e. The van der Waals surface area contributed by atoms with Gasteiger partial charge in [0.05, 0.1) is 0 Å². The lowest BCUT2D eigenvalue weighted by atomic mass is 9.83. The molecule has 1 fully saturated rings. The van der Waals surface area contributed by atoms with E-state index in [2.05, 4.69) is 53.7 Å². The first-order valence-corrected chi connectivity index (χ1v) is 8.34. The summed E-state index contributed by atoms with van der Waals surface area (Å²) in [6.07, 6.45) is 13.4. The van der Waals surface area contributed by atoms with Crippen molar-refractivity contribution in [2.45, 2.75) is 57.4 Å². The fourth-order valence-corrected chi connectivity index (χ4v) is 3.42. The van der Waals surface area contributed by atoms with Crippen LogP contribution < -0.4 is 5.32 Å². The lowest BCUT2D eigenvalue weighted by molar-refractivity contribution is 0.349. The number of hydrogen-bond donors (Lipinski definition) is 1. The molecule has 2 heteroatoms. The Morgan fingerprint density at radius 2 is 1.86 bits per heavy atom. The van der Waals surface area contributed by atoms with Gasteiger partial charge in [0.25, 0.3) is 0 Å². The summed E-state index contributed by atoms with van der Waals surface area (Å²) < 4.78 is 0. The molecule has 112 valence electrons. The maximum absolute atomic E-state index is 4.52. The van der Waals surface area contributed by atoms with Crippen LogP contribution in [0.4, 0.5) is 5.69 Å². The average Bonchev–Trinajstić information content (AvgIpc) is 3.00. The Bertz CT molecular complexity index is 536. The van der Waals surface area contributed by atoms with E-state index in [9.17, 15) is 0 Å². The molecule has 0 atom stereocenters. The molecule has 2 aliphatic rings. The summed E-state index contributed by atoms with van der Waals surface area (Å²) in [6, 6.07) is 8.64. The van der Waals surface area contributed by atoms with Gasteiger partial charge in [-0.3, -0.25) is 4.99 Å². The molecule has 0 spiro atoms. The van der Waals surface area contributed by atoms with Gasteiger partial charge in [0.2, 0.25) is 0 Å². The van der Waals surface area contributed by atoms with E-state index in [0.717, 1.165) is 13.0 Å². The molecule has 1 aromatic rings. The van der Waals surface area contributed by atoms with Crippen molar-refractivity contribution in [2.75, 3.05) is 11.9 Å². The highest BCUT2D eigenvalue weighted by Gasteiger charge is 2.26. The Morgan fingerprint density at radius 3 is 2.62 bits per heavy atom. The van der Waals surface area contributed by atoms with Crippen LogP contribution in [0.15, 0.2) is 35.3 Å². The van der Waals surface area contributed by atoms with Crippen LogP contribution in [0.2, 0.25) is 0 Å². The lowest BCUT2D eigenvalue weighted by Crippen LogP contribution is -2.36. The maximum atomic E-state index is 4.52. The van der Waals surface area contributed by atoms with Gasteiger partial charge in [-0.25, -0.2) is 0 Å². The van der Waals surface area contributed by atoms with Gasteiger partial charge in [-0.1, -0.05) is 43.5 Å². The lowest BCUT2D eigenvalue weighted by Gasteiger charge is -2.36. The highest BCUT2D eigenvalue weighted by molar-refractivity contribution is 5.99. The van der Waals surface area contributed by atoms with Gasteiger partial charge in [-0.2, -0.15) is 0 Å². The predicted octanol–water partition coefficient (Wildman–Crippen LogP) is 5.07. The molecule has 1 N–H and O–H groups in total. The number of nitrogens with one attached hydrogen (secondary N) is 1. The zero-order valence-electron chi connectivity index (χ0n) is 13.1. The molecular formula is C19H26N2. The number of para-hydroxylation sites is 1. The van der Waals surface area contributed by atoms with Crippen LogP contribution in [0, 0.1) is 0 Å². The molecule has 0 radical (unpaired) electrons. The summed E-state index contributed by atoms with van der Waals surface area (Å²) in [7, 11) is 0. The Morgan fingerprint density at radius 1 is 1.05 bits per heavy atom. The average molecular weight is 282 g/mol. The zero-order chi connectivity index (χ0) is 14.5. The van der Waals surface area contributed by atoms with Crippen molar-refractivity contribution in [2.24, 2.45) is 4.99 Å². The Balaban J connectivity index is 1.75. The van der Waals surface area contributed by atoms with Gasteiger partial charge < -0.3 is 5.32 Å². The molecule has 1 aliphatic heterocycles. The minimum Gasteiger partial charge on any atom is -0.379 e. The van der Waals surface area contributed by atoms with E-state index in [1.165, 1.54) is 55.5 Å². The SMILES string of the molecule is CC1(Nc2ccccc2/C=C/C2=NCCC2)CCCCC1. The van der Waals surface area contributed by atoms with Crippen molar-refractivity contribution < 1.29 is 0 Å². The first-order chi connectivity index (χ1) is 10.3. The number of nitrogens with zero attached hydrogens (tertiary/aromatic N) is 1. The van der Waals surface area contributed by atoms with E-state index >= 15 is 0 Å². The van der Waals surface area contributed by atoms with E-state index in [-0.39, 0.29) is 5.54 Å². The molecule has 1 aliphatic carbocycles. The molecule has 0 saturated heterocycles. The fraction of sp³-hybridized carbons (Fsp3) is 0.526. The smallest absolute Gasteiger partial charge is 0.0417 e. The minimum atomic E-state index is 0.257. The predicted molar refractivity (Wildman–Crippen MR) is 92.1 cm³/mol. The van der Waals surface area contributed by atoms with Crippen molar-refractivity contribution in [1.82, 2.24) is 0 Å². The Kier molecular flexibility index (Phi) is 4.42. The zero-order valence-corrected chi connectivity index (χ0v) is 13.1. The fourth-order valence-electron chi connectivity index (χ4n) is 3.42. The highest BCUT2D eigenvalue weighted by atomic mass is 15.0. The van der Waals surface area contributed by atoms with Crippen LogP contribution in [-0.2, 0) is 0 Å². The summed E-state index contributed by atoms with van der Waals surface area (Å²) in [4.78, 5) is 4.52. The Hall–Kier alpha value is -1.57. The normalized spacial score (nSPS) is 21.5. The van der Waals surface area contributed by atoms with Crippen molar-refractivity contribution in [3.63, 3.8) is 0 Å². The first-order valence-electron chi connectivity index (χ1n) is 8.34. The van der Waals surface area contributed by atoms with Gasteiger partial charge in [-0.05, 0) is 50.3 Å². The van der Waals surface area contributed by atoms with E-state index in [1.54, 1.807) is 0 Å². The number of benzene rings is 1. The van der Waals surface area contributed by atoms with Gasteiger partial charge in [-0.15, -0.1) is 0 Å². The van der Waals surface area contributed by atoms with Gasteiger partial charge in [0.15, 0.2) is 0 Å². The molecule has 0 bridgehead atoms. The topological polar surface area (TPSA) is 24.4 Å². The highest BCUT2D eigenvalue weighted by Crippen LogP contribution is 2.32. The molecule has 3 rings (SSSR count). The summed E-state index contributed by atoms with van der Waals surface area (Å²) in [5, 5.41) is 3.81. The number of aliphatic imine (C=N–C) groups is 1. The van der Waals surface area contributed by atoms with Crippen molar-refractivity contribution in [1.29, 1.82) is 0 Å². The molecule has 0 aromatic heterocycles. The van der Waals surface area contributed by atoms with E-state index in [4.69, 9.17) is 0 Å². The number of allylic oxidation sites excluding steroid dienone is 1. The minimum absolute atomic E-state index is 0.257. The third kappa shape index (κ3) is 3.75. The first kappa shape index (κ1) is 14.4. The maximum Gasteiger partial charge on any atom is 0.0417 e. The summed E-state index contributed by atoms with van der Waals surface area (Å²) in [6.45, 7) is 3.37. The molecule has 21 heavy (non-hydrogen) atoms. The van der Waals surface area contributed by atoms with Crippen molar-refractivity contribution >= 4 is 17.5 Å². The molecule has 2 nitrogen and oxygen atoms in total. The standard InChI is InChI=1S/C19H26N2/c1-19(13-5-2-6-14-19)21-18-10-4-3-8-16(18)11-12-17-9-7-15-20-17/h3-4,8,10-12,21H,2,5-7,9,13-15H2,1H3/b12-11+. The van der Waals surface area contributed by atoms with Crippen LogP contribution >= 0.6 is 0 Å². The second-order valence-corrected chi connectivity index (χ2v) is 6.64. The van der Waals surface area contributed by atoms with E-state index in [1.807, 2.05) is 0 Å². The molecular weight excluding hydrogens is 256 g/mol. The van der Waals surface area contributed by atoms with Crippen molar-refractivity contribution in [3.8, 4) is 0 Å². The molecule has 1 heterocycles. The third-order valence-electron chi connectivity index (χ3n) is 4.72. The number of rotatable bonds is 4. The molecule has 1 aromatic carbocycles.